The smallest absolute Gasteiger partial charge is 0.216 e. The minimum atomic E-state index is -1.70. The third kappa shape index (κ3) is 5.24. The van der Waals surface area contributed by atoms with Crippen molar-refractivity contribution < 1.29 is 4.74 Å². The normalized spacial score (nSPS) is 13.6. The Morgan fingerprint density at radius 3 is 1.83 bits per heavy atom. The van der Waals surface area contributed by atoms with E-state index in [0.717, 1.165) is 0 Å². The van der Waals surface area contributed by atoms with Gasteiger partial charge < -0.3 is 4.74 Å². The van der Waals surface area contributed by atoms with E-state index >= 15 is 0 Å². The molecule has 1 nitrogen and oxygen atoms in total. The Balaban J connectivity index is 3.23. The minimum absolute atomic E-state index is 0.287. The average Bonchev–Trinajstić information content (AvgIpc) is 2.24. The quantitative estimate of drug-likeness (QED) is 0.598. The highest BCUT2D eigenvalue weighted by Gasteiger charge is 2.31. The van der Waals surface area contributed by atoms with E-state index in [1.807, 2.05) is 0 Å². The van der Waals surface area contributed by atoms with E-state index in [9.17, 15) is 0 Å². The van der Waals surface area contributed by atoms with Gasteiger partial charge in [0.15, 0.2) is 0 Å². The Labute approximate surface area is 135 Å². The average molecular weight is 369 g/mol. The summed E-state index contributed by atoms with van der Waals surface area (Å²) in [5.41, 5.74) is 0.914. The van der Waals surface area contributed by atoms with Crippen LogP contribution in [0.25, 0.3) is 5.57 Å². The fourth-order valence-electron chi connectivity index (χ4n) is 1.26. The molecule has 0 aliphatic carbocycles. The van der Waals surface area contributed by atoms with Crippen LogP contribution in [0.1, 0.15) is 5.56 Å². The molecule has 0 N–H and O–H groups in total. The van der Waals surface area contributed by atoms with Crippen LogP contribution in [0.15, 0.2) is 30.3 Å². The Bertz CT molecular complexity index is 426. The lowest BCUT2D eigenvalue weighted by molar-refractivity contribution is 0.415. The van der Waals surface area contributed by atoms with Crippen LogP contribution in [0.2, 0.25) is 0 Å². The van der Waals surface area contributed by atoms with Gasteiger partial charge in [0.05, 0.1) is 7.11 Å². The molecule has 0 aliphatic heterocycles. The molecule has 0 unspecified atom stereocenters. The molecule has 0 radical (unpaired) electrons. The lowest BCUT2D eigenvalue weighted by atomic mass is 10.1. The van der Waals surface area contributed by atoms with Crippen LogP contribution in [-0.4, -0.2) is 14.7 Å². The molecule has 0 aliphatic rings. The SMILES string of the molecule is COc1ccc(C(=CC(Cl)(Cl)Cl)C(Cl)(Cl)Cl)cc1. The molecule has 100 valence electrons. The van der Waals surface area contributed by atoms with Gasteiger partial charge in [-0.15, -0.1) is 0 Å². The highest BCUT2D eigenvalue weighted by molar-refractivity contribution is 6.74. The van der Waals surface area contributed by atoms with Gasteiger partial charge in [0.25, 0.3) is 0 Å². The van der Waals surface area contributed by atoms with Crippen molar-refractivity contribution >= 4 is 75.2 Å². The predicted octanol–water partition coefficient (Wildman–Crippen LogP) is 5.82. The van der Waals surface area contributed by atoms with Gasteiger partial charge in [0, 0.05) is 5.57 Å². The van der Waals surface area contributed by atoms with E-state index in [1.54, 1.807) is 31.4 Å². The molecule has 0 spiro atoms. The van der Waals surface area contributed by atoms with Crippen LogP contribution >= 0.6 is 69.6 Å². The first-order chi connectivity index (χ1) is 8.13. The molecule has 0 saturated heterocycles. The van der Waals surface area contributed by atoms with Gasteiger partial charge in [0.2, 0.25) is 7.59 Å². The molecule has 0 atom stereocenters. The summed E-state index contributed by atoms with van der Waals surface area (Å²) in [5, 5.41) is 0. The van der Waals surface area contributed by atoms with E-state index < -0.39 is 7.59 Å². The van der Waals surface area contributed by atoms with Gasteiger partial charge in [-0.1, -0.05) is 81.7 Å². The molecule has 1 aromatic carbocycles. The highest BCUT2D eigenvalue weighted by atomic mass is 35.6. The largest absolute Gasteiger partial charge is 0.497 e. The third-order valence-electron chi connectivity index (χ3n) is 2.01. The maximum absolute atomic E-state index is 5.87. The third-order valence-corrected chi connectivity index (χ3v) is 2.95. The first-order valence-corrected chi connectivity index (χ1v) is 6.91. The molecule has 1 aromatic rings. The molecule has 0 saturated carbocycles. The Kier molecular flexibility index (Phi) is 5.79. The second kappa shape index (κ2) is 6.30. The maximum Gasteiger partial charge on any atom is 0.216 e. The molecule has 0 aromatic heterocycles. The lowest BCUT2D eigenvalue weighted by Gasteiger charge is -2.19. The van der Waals surface area contributed by atoms with Crippen molar-refractivity contribution in [2.45, 2.75) is 7.59 Å². The molecule has 0 amide bonds. The van der Waals surface area contributed by atoms with Crippen LogP contribution < -0.4 is 4.74 Å². The standard InChI is InChI=1S/C11H8Cl6O/c1-18-8-4-2-7(3-5-8)9(11(15,16)17)6-10(12,13)14/h2-6H,1H3. The fraction of sp³-hybridized carbons (Fsp3) is 0.273. The zero-order chi connectivity index (χ0) is 14.0. The van der Waals surface area contributed by atoms with Gasteiger partial charge in [-0.05, 0) is 23.8 Å². The van der Waals surface area contributed by atoms with Crippen LogP contribution in [-0.2, 0) is 0 Å². The van der Waals surface area contributed by atoms with E-state index in [4.69, 9.17) is 74.3 Å². The maximum atomic E-state index is 5.87. The number of hydrogen-bond acceptors (Lipinski definition) is 1. The summed E-state index contributed by atoms with van der Waals surface area (Å²) in [7, 11) is 1.56. The van der Waals surface area contributed by atoms with E-state index in [2.05, 4.69) is 0 Å². The number of rotatable bonds is 2. The monoisotopic (exact) mass is 366 g/mol. The van der Waals surface area contributed by atoms with E-state index in [-0.39, 0.29) is 5.57 Å². The van der Waals surface area contributed by atoms with Crippen molar-refractivity contribution in [1.82, 2.24) is 0 Å². The van der Waals surface area contributed by atoms with Crippen molar-refractivity contribution in [3.8, 4) is 5.75 Å². The summed E-state index contributed by atoms with van der Waals surface area (Å²) in [6.45, 7) is 0. The second-order valence-electron chi connectivity index (χ2n) is 3.33. The number of allylic oxidation sites excluding steroid dienone is 2. The van der Waals surface area contributed by atoms with E-state index in [1.165, 1.54) is 6.08 Å². The van der Waals surface area contributed by atoms with Crippen LogP contribution in [0.5, 0.6) is 5.75 Å². The van der Waals surface area contributed by atoms with Crippen LogP contribution in [0.4, 0.5) is 0 Å². The summed E-state index contributed by atoms with van der Waals surface area (Å²) in [6.07, 6.45) is 1.27. The zero-order valence-corrected chi connectivity index (χ0v) is 13.6. The Hall–Kier alpha value is 0.500. The van der Waals surface area contributed by atoms with Crippen molar-refractivity contribution in [3.05, 3.63) is 35.9 Å². The van der Waals surface area contributed by atoms with E-state index in [0.29, 0.717) is 11.3 Å². The van der Waals surface area contributed by atoms with Crippen molar-refractivity contribution in [3.63, 3.8) is 0 Å². The van der Waals surface area contributed by atoms with Crippen LogP contribution in [0.3, 0.4) is 0 Å². The Morgan fingerprint density at radius 1 is 1.00 bits per heavy atom. The van der Waals surface area contributed by atoms with Crippen molar-refractivity contribution in [2.24, 2.45) is 0 Å². The highest BCUT2D eigenvalue weighted by Crippen LogP contribution is 2.44. The molecular weight excluding hydrogens is 361 g/mol. The molecule has 0 fully saturated rings. The van der Waals surface area contributed by atoms with Crippen molar-refractivity contribution in [1.29, 1.82) is 0 Å². The molecule has 18 heavy (non-hydrogen) atoms. The van der Waals surface area contributed by atoms with Crippen molar-refractivity contribution in [2.75, 3.05) is 7.11 Å². The van der Waals surface area contributed by atoms with Gasteiger partial charge >= 0.3 is 0 Å². The number of halogens is 6. The Morgan fingerprint density at radius 2 is 1.50 bits per heavy atom. The summed E-state index contributed by atoms with van der Waals surface area (Å²) >= 11 is 34.7. The summed E-state index contributed by atoms with van der Waals surface area (Å²) in [4.78, 5) is 0. The zero-order valence-electron chi connectivity index (χ0n) is 9.06. The topological polar surface area (TPSA) is 9.23 Å². The molecule has 1 rings (SSSR count). The summed E-state index contributed by atoms with van der Waals surface area (Å²) < 4.78 is 1.69. The summed E-state index contributed by atoms with van der Waals surface area (Å²) in [5.74, 6) is 0.677. The summed E-state index contributed by atoms with van der Waals surface area (Å²) in [6, 6.07) is 6.86. The number of methoxy groups -OCH3 is 1. The fourth-order valence-corrected chi connectivity index (χ4v) is 2.08. The van der Waals surface area contributed by atoms with Gasteiger partial charge in [-0.2, -0.15) is 0 Å². The first kappa shape index (κ1) is 16.6. The first-order valence-electron chi connectivity index (χ1n) is 4.64. The predicted molar refractivity (Wildman–Crippen MR) is 81.6 cm³/mol. The number of ether oxygens (including phenoxy) is 1. The van der Waals surface area contributed by atoms with Gasteiger partial charge in [0.1, 0.15) is 5.75 Å². The molecule has 0 heterocycles. The minimum Gasteiger partial charge on any atom is -0.497 e. The number of hydrogen-bond donors (Lipinski definition) is 0. The number of alkyl halides is 6. The van der Waals surface area contributed by atoms with Gasteiger partial charge in [-0.3, -0.25) is 0 Å². The molecule has 0 bridgehead atoms. The molecule has 7 heteroatoms. The lowest BCUT2D eigenvalue weighted by Crippen LogP contribution is -2.10. The van der Waals surface area contributed by atoms with Crippen LogP contribution in [0, 0.1) is 0 Å². The number of benzene rings is 1. The molecular formula is C11H8Cl6O. The second-order valence-corrected chi connectivity index (χ2v) is 7.98. The van der Waals surface area contributed by atoms with Gasteiger partial charge in [-0.25, -0.2) is 0 Å².